The number of aliphatic hydroxyl groups excluding tert-OH is 5. The van der Waals surface area contributed by atoms with Gasteiger partial charge in [0.05, 0.1) is 39.0 Å². The van der Waals surface area contributed by atoms with Crippen molar-refractivity contribution in [2.45, 2.75) is 106 Å². The molecule has 11 unspecified atom stereocenters. The molecule has 2 aromatic carbocycles. The lowest BCUT2D eigenvalue weighted by Crippen LogP contribution is -2.64. The third-order valence-electron chi connectivity index (χ3n) is 12.9. The van der Waals surface area contributed by atoms with E-state index in [2.05, 4.69) is 26.6 Å². The Morgan fingerprint density at radius 3 is 1.95 bits per heavy atom. The number of ether oxygens (including phenoxy) is 6. The second kappa shape index (κ2) is 27.0. The largest absolute Gasteiger partial charge is 0.492 e. The van der Waals surface area contributed by atoms with Gasteiger partial charge in [-0.2, -0.15) is 0 Å². The molecule has 11 atom stereocenters. The highest BCUT2D eigenvalue weighted by Crippen LogP contribution is 2.44. The third kappa shape index (κ3) is 14.9. The van der Waals surface area contributed by atoms with E-state index in [0.29, 0.717) is 24.0 Å². The van der Waals surface area contributed by atoms with E-state index >= 15 is 0 Å². The Balaban J connectivity index is 0.857. The maximum Gasteiger partial charge on any atom is 0.407 e. The van der Waals surface area contributed by atoms with E-state index in [0.717, 1.165) is 34.4 Å². The van der Waals surface area contributed by atoms with Gasteiger partial charge in [-0.05, 0) is 42.0 Å². The Morgan fingerprint density at radius 2 is 1.30 bits per heavy atom. The van der Waals surface area contributed by atoms with E-state index in [9.17, 15) is 64.5 Å². The van der Waals surface area contributed by atoms with Crippen LogP contribution in [0.25, 0.3) is 11.1 Å². The molecule has 27 nitrogen and oxygen atoms in total. The molecule has 0 spiro atoms. The van der Waals surface area contributed by atoms with Crippen LogP contribution >= 0.6 is 0 Å². The fourth-order valence-electron chi connectivity index (χ4n) is 8.92. The molecule has 5 amide bonds. The molecular weight excluding hydrogens is 1010 g/mol. The van der Waals surface area contributed by atoms with Crippen LogP contribution in [0.5, 0.6) is 11.8 Å². The van der Waals surface area contributed by atoms with Gasteiger partial charge in [0.1, 0.15) is 49.3 Å². The smallest absolute Gasteiger partial charge is 0.407 e. The van der Waals surface area contributed by atoms with Gasteiger partial charge in [-0.25, -0.2) is 9.59 Å². The minimum Gasteiger partial charge on any atom is -0.492 e. The fraction of sp³-hybridized carbons (Fsp3) is 0.551. The number of aliphatic hydroxyl groups is 5. The van der Waals surface area contributed by atoms with Crippen LogP contribution in [0.15, 0.2) is 60.7 Å². The van der Waals surface area contributed by atoms with Crippen LogP contribution in [0.3, 0.4) is 0 Å². The third-order valence-corrected chi connectivity index (χ3v) is 12.9. The average Bonchev–Trinajstić information content (AvgIpc) is 3.89. The molecule has 3 aliphatic heterocycles. The number of aromatic nitrogens is 1. The fourth-order valence-corrected chi connectivity index (χ4v) is 8.92. The lowest BCUT2D eigenvalue weighted by atomic mass is 9.98. The van der Waals surface area contributed by atoms with Crippen molar-refractivity contribution in [1.82, 2.24) is 36.2 Å². The van der Waals surface area contributed by atoms with Gasteiger partial charge in [-0.3, -0.25) is 24.1 Å². The highest BCUT2D eigenvalue weighted by atomic mass is 16.8. The number of carbonyl (C=O) groups is 6. The first-order valence-corrected chi connectivity index (χ1v) is 24.8. The minimum atomic E-state index is -1.84. The number of nitrogens with zero attached hydrogens (tertiary/aromatic N) is 2. The van der Waals surface area contributed by atoms with Crippen LogP contribution in [0.2, 0.25) is 0 Å². The van der Waals surface area contributed by atoms with E-state index in [1.54, 1.807) is 0 Å². The number of benzene rings is 2. The maximum absolute atomic E-state index is 13.3. The number of amides is 5. The molecule has 1 aliphatic carbocycles. The van der Waals surface area contributed by atoms with Gasteiger partial charge >= 0.3 is 12.1 Å². The summed E-state index contributed by atoms with van der Waals surface area (Å²) in [6, 6.07) is 16.1. The summed E-state index contributed by atoms with van der Waals surface area (Å²) < 4.78 is 34.3. The number of nitrogens with one attached hydrogen (secondary N) is 5. The maximum atomic E-state index is 13.3. The highest BCUT2D eigenvalue weighted by molar-refractivity contribution is 5.85. The highest BCUT2D eigenvalue weighted by Gasteiger charge is 2.51. The Kier molecular flexibility index (Phi) is 20.3. The molecule has 3 aromatic rings. The number of hydrogen-bond acceptors (Lipinski definition) is 21. The predicted octanol–water partition coefficient (Wildman–Crippen LogP) is -3.25. The van der Waals surface area contributed by atoms with Gasteiger partial charge in [-0.15, -0.1) is 4.73 Å². The first-order chi connectivity index (χ1) is 36.5. The van der Waals surface area contributed by atoms with Crippen LogP contribution in [0.4, 0.5) is 4.79 Å². The van der Waals surface area contributed by atoms with Gasteiger partial charge in [0.25, 0.3) is 0 Å². The zero-order valence-corrected chi connectivity index (χ0v) is 41.4. The predicted molar refractivity (Wildman–Crippen MR) is 258 cm³/mol. The van der Waals surface area contributed by atoms with Crippen molar-refractivity contribution >= 4 is 35.7 Å². The molecule has 7 rings (SSSR count). The topological polar surface area (TPSA) is 377 Å². The van der Waals surface area contributed by atoms with Crippen LogP contribution in [0.1, 0.15) is 49.7 Å². The normalized spacial score (nSPS) is 27.1. The molecule has 1 aromatic heterocycles. The number of hydrogen-bond donors (Lipinski definition) is 12. The molecule has 0 radical (unpaired) electrons. The number of unbranched alkanes of at least 4 members (excludes halogenated alkanes) is 2. The molecule has 2 bridgehead atoms. The zero-order valence-electron chi connectivity index (χ0n) is 41.4. The van der Waals surface area contributed by atoms with Crippen molar-refractivity contribution in [3.8, 4) is 22.9 Å². The Morgan fingerprint density at radius 1 is 0.697 bits per heavy atom. The standard InChI is InChI=1S/C49H65N7O20/c1-26-39(63)41(65)44-48(73-26)71-20-18-52-36(60)24-55(23-35(59)51-17-19-70-46-42(66)40(64)43(67)47(74-44)75-46)22-34(58)50-16-8-2-3-13-33(57)53-21-32(45(68)76-56-37(61)14-15-38(56)62)54-49(69)72-25-31-29-11-6-4-9-27(29)28-10-5-7-12-30(28)31/h4-7,9-12,14-15,26,31-32,39-44,46-48,61-67H,2-3,8,13,16-25H2,1H3,(H,50,58)(H,51,59)(H,52,60)(H,53,57)(H,54,69). The van der Waals surface area contributed by atoms with E-state index in [1.165, 1.54) is 11.8 Å². The van der Waals surface area contributed by atoms with E-state index in [-0.39, 0.29) is 58.3 Å². The lowest BCUT2D eigenvalue weighted by molar-refractivity contribution is -0.387. The average molecular weight is 1070 g/mol. The van der Waals surface area contributed by atoms with Crippen molar-refractivity contribution in [2.75, 3.05) is 65.6 Å². The lowest BCUT2D eigenvalue weighted by Gasteiger charge is -2.45. The van der Waals surface area contributed by atoms with Crippen molar-refractivity contribution < 1.29 is 97.8 Å². The molecule has 3 saturated heterocycles. The van der Waals surface area contributed by atoms with Gasteiger partial charge in [-0.1, -0.05) is 55.0 Å². The summed E-state index contributed by atoms with van der Waals surface area (Å²) in [6.07, 6.45) is -15.4. The first-order valence-electron chi connectivity index (χ1n) is 24.8. The monoisotopic (exact) mass is 1070 g/mol. The molecular formula is C49H65N7O20. The van der Waals surface area contributed by atoms with Gasteiger partial charge in [0.15, 0.2) is 18.9 Å². The zero-order chi connectivity index (χ0) is 54.5. The van der Waals surface area contributed by atoms with Crippen molar-refractivity contribution in [3.05, 3.63) is 71.8 Å². The number of carbonyl (C=O) groups excluding carboxylic acids is 6. The van der Waals surface area contributed by atoms with Crippen LogP contribution in [-0.2, 0) is 52.4 Å². The summed E-state index contributed by atoms with van der Waals surface area (Å²) in [6.45, 7) is -0.888. The summed E-state index contributed by atoms with van der Waals surface area (Å²) in [4.78, 5) is 84.9. The summed E-state index contributed by atoms with van der Waals surface area (Å²) in [5.41, 5.74) is 3.94. The second-order valence-corrected chi connectivity index (χ2v) is 18.5. The first kappa shape index (κ1) is 57.2. The summed E-state index contributed by atoms with van der Waals surface area (Å²) in [5.74, 6) is -4.86. The van der Waals surface area contributed by atoms with Crippen molar-refractivity contribution in [3.63, 3.8) is 0 Å². The molecule has 12 N–H and O–H groups in total. The number of fused-ring (bicyclic) bond motifs is 6. The van der Waals surface area contributed by atoms with Crippen molar-refractivity contribution in [1.29, 1.82) is 0 Å². The quantitative estimate of drug-likeness (QED) is 0.0665. The van der Waals surface area contributed by atoms with Crippen LogP contribution in [-0.4, -0.2) is 214 Å². The molecule has 27 heteroatoms. The molecule has 0 saturated carbocycles. The van der Waals surface area contributed by atoms with Crippen LogP contribution < -0.4 is 31.4 Å². The van der Waals surface area contributed by atoms with Gasteiger partial charge < -0.3 is 95.6 Å². The molecule has 76 heavy (non-hydrogen) atoms. The minimum absolute atomic E-state index is 0.0139. The summed E-state index contributed by atoms with van der Waals surface area (Å²) >= 11 is 0. The second-order valence-electron chi connectivity index (χ2n) is 18.5. The number of rotatable bonds is 15. The summed E-state index contributed by atoms with van der Waals surface area (Å²) in [7, 11) is 0. The Hall–Kier alpha value is -6.50. The van der Waals surface area contributed by atoms with Crippen molar-refractivity contribution in [2.24, 2.45) is 0 Å². The van der Waals surface area contributed by atoms with E-state index < -0.39 is 135 Å². The van der Waals surface area contributed by atoms with Gasteiger partial charge in [0.2, 0.25) is 35.4 Å². The SMILES string of the molecule is CC1OC2OCCNC(=O)CN(CC(=O)NCCCCCC(=O)NCC(NC(=O)OCC3c4ccccc4-c4ccccc43)C(=O)On3c(O)ccc3O)CC(=O)NCCOC3OC(OC2C(O)C1O)C(O)C(O)C3O. The number of alkyl carbamates (subject to hydrolysis) is 1. The molecule has 4 heterocycles. The van der Waals surface area contributed by atoms with E-state index in [4.69, 9.17) is 33.3 Å². The Bertz CT molecular complexity index is 2420. The molecule has 416 valence electrons. The van der Waals surface area contributed by atoms with Gasteiger partial charge in [0, 0.05) is 50.7 Å². The molecule has 3 fully saturated rings. The summed E-state index contributed by atoms with van der Waals surface area (Å²) in [5, 5.41) is 86.0. The molecule has 4 aliphatic rings. The van der Waals surface area contributed by atoms with E-state index in [1.807, 2.05) is 48.5 Å². The Labute approximate surface area is 435 Å². The van der Waals surface area contributed by atoms with Crippen LogP contribution in [0, 0.1) is 0 Å². The number of aromatic hydroxyl groups is 2.